The van der Waals surface area contributed by atoms with Crippen molar-refractivity contribution in [3.05, 3.63) is 28.8 Å². The van der Waals surface area contributed by atoms with E-state index in [9.17, 15) is 13.5 Å². The Morgan fingerprint density at radius 2 is 2.24 bits per heavy atom. The van der Waals surface area contributed by atoms with E-state index >= 15 is 0 Å². The summed E-state index contributed by atoms with van der Waals surface area (Å²) < 4.78 is 25.2. The monoisotopic (exact) mass is 275 g/mol. The molecule has 0 amide bonds. The number of rotatable bonds is 2. The Labute approximate surface area is 106 Å². The second-order valence-electron chi connectivity index (χ2n) is 3.98. The third kappa shape index (κ3) is 2.27. The average molecular weight is 276 g/mol. The van der Waals surface area contributed by atoms with Crippen LogP contribution in [0.4, 0.5) is 5.69 Å². The first-order chi connectivity index (χ1) is 7.95. The second-order valence-corrected chi connectivity index (χ2v) is 6.60. The standard InChI is InChI=1S/C11H14ClNO3S/c1-2-17(15,16)13-6-5-11(14)9-7-8(12)3-4-10(9)13/h3-4,7,11,14H,2,5-6H2,1H3. The van der Waals surface area contributed by atoms with Gasteiger partial charge in [-0.3, -0.25) is 4.31 Å². The smallest absolute Gasteiger partial charge is 0.234 e. The molecule has 0 aromatic heterocycles. The minimum absolute atomic E-state index is 0.0468. The lowest BCUT2D eigenvalue weighted by molar-refractivity contribution is 0.166. The summed E-state index contributed by atoms with van der Waals surface area (Å²) in [5.41, 5.74) is 1.12. The fourth-order valence-electron chi connectivity index (χ4n) is 1.98. The van der Waals surface area contributed by atoms with Crippen LogP contribution in [0.5, 0.6) is 0 Å². The van der Waals surface area contributed by atoms with Crippen LogP contribution < -0.4 is 4.31 Å². The summed E-state index contributed by atoms with van der Waals surface area (Å²) >= 11 is 5.86. The number of anilines is 1. The van der Waals surface area contributed by atoms with Gasteiger partial charge in [0, 0.05) is 17.1 Å². The summed E-state index contributed by atoms with van der Waals surface area (Å²) in [6.07, 6.45) is -0.251. The van der Waals surface area contributed by atoms with Crippen molar-refractivity contribution in [1.82, 2.24) is 0 Å². The Morgan fingerprint density at radius 3 is 2.88 bits per heavy atom. The Balaban J connectivity index is 2.54. The molecule has 1 aliphatic rings. The normalized spacial score (nSPS) is 20.2. The number of sulfonamides is 1. The molecular formula is C11H14ClNO3S. The molecule has 0 saturated carbocycles. The van der Waals surface area contributed by atoms with Gasteiger partial charge in [-0.1, -0.05) is 11.6 Å². The lowest BCUT2D eigenvalue weighted by Gasteiger charge is -2.32. The van der Waals surface area contributed by atoms with E-state index < -0.39 is 16.1 Å². The summed E-state index contributed by atoms with van der Waals surface area (Å²) in [6.45, 7) is 1.92. The Kier molecular flexibility index (Phi) is 3.34. The van der Waals surface area contributed by atoms with Crippen LogP contribution in [-0.4, -0.2) is 25.8 Å². The number of aliphatic hydroxyl groups is 1. The van der Waals surface area contributed by atoms with Crippen molar-refractivity contribution in [3.63, 3.8) is 0 Å². The van der Waals surface area contributed by atoms with Gasteiger partial charge in [0.2, 0.25) is 10.0 Å². The molecule has 1 aliphatic heterocycles. The van der Waals surface area contributed by atoms with E-state index in [0.29, 0.717) is 29.2 Å². The van der Waals surface area contributed by atoms with Crippen LogP contribution in [0.1, 0.15) is 25.0 Å². The molecule has 0 bridgehead atoms. The molecule has 1 N–H and O–H groups in total. The highest BCUT2D eigenvalue weighted by Gasteiger charge is 2.30. The maximum atomic E-state index is 11.9. The van der Waals surface area contributed by atoms with E-state index in [4.69, 9.17) is 11.6 Å². The van der Waals surface area contributed by atoms with Gasteiger partial charge in [-0.25, -0.2) is 8.42 Å². The lowest BCUT2D eigenvalue weighted by atomic mass is 10.0. The predicted octanol–water partition coefficient (Wildman–Crippen LogP) is 1.93. The SMILES string of the molecule is CCS(=O)(=O)N1CCC(O)c2cc(Cl)ccc21. The molecule has 1 heterocycles. The van der Waals surface area contributed by atoms with Gasteiger partial charge in [0.15, 0.2) is 0 Å². The topological polar surface area (TPSA) is 57.6 Å². The zero-order valence-corrected chi connectivity index (χ0v) is 11.0. The van der Waals surface area contributed by atoms with Gasteiger partial charge in [-0.05, 0) is 31.5 Å². The molecule has 94 valence electrons. The lowest BCUT2D eigenvalue weighted by Crippen LogP contribution is -2.37. The van der Waals surface area contributed by atoms with E-state index in [-0.39, 0.29) is 5.75 Å². The molecule has 0 fully saturated rings. The first-order valence-electron chi connectivity index (χ1n) is 5.43. The number of halogens is 1. The summed E-state index contributed by atoms with van der Waals surface area (Å²) in [4.78, 5) is 0. The quantitative estimate of drug-likeness (QED) is 0.897. The van der Waals surface area contributed by atoms with Crippen LogP contribution in [0.2, 0.25) is 5.02 Å². The van der Waals surface area contributed by atoms with Gasteiger partial charge in [0.1, 0.15) is 0 Å². The average Bonchev–Trinajstić information content (AvgIpc) is 2.30. The molecule has 0 saturated heterocycles. The zero-order valence-electron chi connectivity index (χ0n) is 9.43. The number of nitrogens with zero attached hydrogens (tertiary/aromatic N) is 1. The number of hydrogen-bond acceptors (Lipinski definition) is 3. The summed E-state index contributed by atoms with van der Waals surface area (Å²) in [6, 6.07) is 4.91. The van der Waals surface area contributed by atoms with Crippen molar-refractivity contribution in [2.45, 2.75) is 19.4 Å². The van der Waals surface area contributed by atoms with Crippen molar-refractivity contribution < 1.29 is 13.5 Å². The molecule has 0 radical (unpaired) electrons. The maximum absolute atomic E-state index is 11.9. The van der Waals surface area contributed by atoms with Gasteiger partial charge in [0.05, 0.1) is 17.5 Å². The summed E-state index contributed by atoms with van der Waals surface area (Å²) in [5.74, 6) is 0.0468. The van der Waals surface area contributed by atoms with E-state index in [2.05, 4.69) is 0 Å². The van der Waals surface area contributed by atoms with Crippen LogP contribution in [0.25, 0.3) is 0 Å². The van der Waals surface area contributed by atoms with Crippen LogP contribution in [-0.2, 0) is 10.0 Å². The molecule has 2 rings (SSSR count). The van der Waals surface area contributed by atoms with E-state index in [1.807, 2.05) is 0 Å². The maximum Gasteiger partial charge on any atom is 0.234 e. The number of hydrogen-bond donors (Lipinski definition) is 1. The van der Waals surface area contributed by atoms with E-state index in [0.717, 1.165) is 0 Å². The van der Waals surface area contributed by atoms with Crippen LogP contribution in [0, 0.1) is 0 Å². The number of fused-ring (bicyclic) bond motifs is 1. The van der Waals surface area contributed by atoms with Gasteiger partial charge >= 0.3 is 0 Å². The summed E-state index contributed by atoms with van der Waals surface area (Å²) in [5, 5.41) is 10.4. The van der Waals surface area contributed by atoms with E-state index in [1.54, 1.807) is 25.1 Å². The largest absolute Gasteiger partial charge is 0.388 e. The molecule has 0 spiro atoms. The zero-order chi connectivity index (χ0) is 12.6. The van der Waals surface area contributed by atoms with Gasteiger partial charge < -0.3 is 5.11 Å². The van der Waals surface area contributed by atoms with Crippen LogP contribution >= 0.6 is 11.6 Å². The minimum Gasteiger partial charge on any atom is -0.388 e. The molecular weight excluding hydrogens is 262 g/mol. The molecule has 1 unspecified atom stereocenters. The van der Waals surface area contributed by atoms with Crippen molar-refractivity contribution in [2.24, 2.45) is 0 Å². The molecule has 1 aromatic rings. The first kappa shape index (κ1) is 12.7. The van der Waals surface area contributed by atoms with Gasteiger partial charge in [-0.2, -0.15) is 0 Å². The number of benzene rings is 1. The van der Waals surface area contributed by atoms with Crippen LogP contribution in [0.15, 0.2) is 18.2 Å². The van der Waals surface area contributed by atoms with Crippen molar-refractivity contribution >= 4 is 27.3 Å². The Bertz CT molecular complexity index is 530. The molecule has 4 nitrogen and oxygen atoms in total. The second kappa shape index (κ2) is 4.48. The van der Waals surface area contributed by atoms with Crippen LogP contribution in [0.3, 0.4) is 0 Å². The third-order valence-electron chi connectivity index (χ3n) is 2.92. The molecule has 6 heteroatoms. The van der Waals surface area contributed by atoms with Crippen molar-refractivity contribution in [2.75, 3.05) is 16.6 Å². The highest BCUT2D eigenvalue weighted by Crippen LogP contribution is 2.36. The highest BCUT2D eigenvalue weighted by atomic mass is 35.5. The Hall–Kier alpha value is -0.780. The summed E-state index contributed by atoms with van der Waals surface area (Å²) in [7, 11) is -3.29. The molecule has 1 aromatic carbocycles. The number of aliphatic hydroxyl groups excluding tert-OH is 1. The van der Waals surface area contributed by atoms with Crippen molar-refractivity contribution in [1.29, 1.82) is 0 Å². The third-order valence-corrected chi connectivity index (χ3v) is 4.94. The van der Waals surface area contributed by atoms with Gasteiger partial charge in [0.25, 0.3) is 0 Å². The Morgan fingerprint density at radius 1 is 1.53 bits per heavy atom. The predicted molar refractivity (Wildman–Crippen MR) is 67.8 cm³/mol. The van der Waals surface area contributed by atoms with Gasteiger partial charge in [-0.15, -0.1) is 0 Å². The first-order valence-corrected chi connectivity index (χ1v) is 7.42. The molecule has 1 atom stereocenters. The minimum atomic E-state index is -3.29. The fraction of sp³-hybridized carbons (Fsp3) is 0.455. The molecule has 0 aliphatic carbocycles. The van der Waals surface area contributed by atoms with E-state index in [1.165, 1.54) is 4.31 Å². The highest BCUT2D eigenvalue weighted by molar-refractivity contribution is 7.92. The molecule has 17 heavy (non-hydrogen) atoms. The fourth-order valence-corrected chi connectivity index (χ4v) is 3.32. The van der Waals surface area contributed by atoms with Crippen molar-refractivity contribution in [3.8, 4) is 0 Å².